The fraction of sp³-hybridized carbons (Fsp3) is 0.812. The van der Waals surface area contributed by atoms with Crippen LogP contribution in [0.2, 0.25) is 0 Å². The van der Waals surface area contributed by atoms with E-state index in [1.54, 1.807) is 0 Å². The minimum absolute atomic E-state index is 0.200. The summed E-state index contributed by atoms with van der Waals surface area (Å²) in [5.41, 5.74) is 1.39. The van der Waals surface area contributed by atoms with Gasteiger partial charge in [0.15, 0.2) is 0 Å². The maximum Gasteiger partial charge on any atom is 0.0765 e. The topological polar surface area (TPSA) is 33.1 Å². The molecule has 1 N–H and O–H groups in total. The van der Waals surface area contributed by atoms with Gasteiger partial charge in [-0.05, 0) is 39.7 Å². The Balaban J connectivity index is 2.05. The van der Waals surface area contributed by atoms with Crippen LogP contribution in [0.3, 0.4) is 0 Å². The van der Waals surface area contributed by atoms with Crippen LogP contribution in [0.4, 0.5) is 0 Å². The molecule has 114 valence electrons. The second-order valence-electron chi connectivity index (χ2n) is 6.72. The highest BCUT2D eigenvalue weighted by Gasteiger charge is 2.33. The predicted octanol–water partition coefficient (Wildman–Crippen LogP) is 2.82. The van der Waals surface area contributed by atoms with E-state index in [1.807, 2.05) is 0 Å². The minimum atomic E-state index is 0.200. The van der Waals surface area contributed by atoms with Crippen molar-refractivity contribution in [2.45, 2.75) is 71.6 Å². The van der Waals surface area contributed by atoms with Gasteiger partial charge in [-0.2, -0.15) is 5.10 Å². The quantitative estimate of drug-likeness (QED) is 0.899. The van der Waals surface area contributed by atoms with Crippen molar-refractivity contribution in [3.8, 4) is 0 Å². The van der Waals surface area contributed by atoms with E-state index in [9.17, 15) is 0 Å². The Morgan fingerprint density at radius 1 is 1.45 bits per heavy atom. The highest BCUT2D eigenvalue weighted by molar-refractivity contribution is 5.03. The standard InChI is InChI=1S/C16H30N4/c1-6-13(3)20-9-8-15(18-20)11-19-10-14(7-2)17-12-16(19,4)5/h8-9,13-14,17H,6-7,10-12H2,1-5H3. The van der Waals surface area contributed by atoms with Crippen LogP contribution in [0.5, 0.6) is 0 Å². The van der Waals surface area contributed by atoms with Crippen molar-refractivity contribution >= 4 is 0 Å². The van der Waals surface area contributed by atoms with Crippen LogP contribution in [0.15, 0.2) is 12.3 Å². The highest BCUT2D eigenvalue weighted by atomic mass is 15.3. The molecule has 0 amide bonds. The molecule has 2 rings (SSSR count). The molecule has 0 spiro atoms. The Kier molecular flexibility index (Phi) is 4.86. The average molecular weight is 278 g/mol. The summed E-state index contributed by atoms with van der Waals surface area (Å²) < 4.78 is 2.10. The summed E-state index contributed by atoms with van der Waals surface area (Å²) in [7, 11) is 0. The summed E-state index contributed by atoms with van der Waals surface area (Å²) >= 11 is 0. The van der Waals surface area contributed by atoms with E-state index in [0.717, 1.165) is 26.1 Å². The zero-order chi connectivity index (χ0) is 14.8. The lowest BCUT2D eigenvalue weighted by molar-refractivity contribution is 0.0563. The van der Waals surface area contributed by atoms with Crippen LogP contribution < -0.4 is 5.32 Å². The lowest BCUT2D eigenvalue weighted by Gasteiger charge is -2.45. The molecule has 4 heteroatoms. The van der Waals surface area contributed by atoms with Gasteiger partial charge in [0, 0.05) is 43.5 Å². The van der Waals surface area contributed by atoms with Crippen LogP contribution in [-0.4, -0.2) is 39.4 Å². The molecule has 0 aliphatic carbocycles. The first-order chi connectivity index (χ1) is 9.46. The number of aromatic nitrogens is 2. The summed E-state index contributed by atoms with van der Waals surface area (Å²) in [4.78, 5) is 2.57. The Hall–Kier alpha value is -0.870. The van der Waals surface area contributed by atoms with E-state index >= 15 is 0 Å². The first kappa shape index (κ1) is 15.5. The van der Waals surface area contributed by atoms with Crippen molar-refractivity contribution in [1.82, 2.24) is 20.0 Å². The van der Waals surface area contributed by atoms with Crippen molar-refractivity contribution < 1.29 is 0 Å². The molecule has 2 atom stereocenters. The van der Waals surface area contributed by atoms with Crippen molar-refractivity contribution in [3.63, 3.8) is 0 Å². The Morgan fingerprint density at radius 2 is 2.20 bits per heavy atom. The average Bonchev–Trinajstić information content (AvgIpc) is 2.89. The van der Waals surface area contributed by atoms with Gasteiger partial charge in [-0.3, -0.25) is 9.58 Å². The molecule has 0 bridgehead atoms. The molecule has 2 heterocycles. The predicted molar refractivity (Wildman–Crippen MR) is 83.8 cm³/mol. The molecule has 1 aromatic rings. The van der Waals surface area contributed by atoms with Crippen LogP contribution in [-0.2, 0) is 6.54 Å². The number of nitrogens with one attached hydrogen (secondary N) is 1. The summed E-state index contributed by atoms with van der Waals surface area (Å²) in [5, 5.41) is 8.39. The third-order valence-corrected chi connectivity index (χ3v) is 4.67. The summed E-state index contributed by atoms with van der Waals surface area (Å²) in [6.07, 6.45) is 4.43. The van der Waals surface area contributed by atoms with Crippen molar-refractivity contribution in [2.75, 3.05) is 13.1 Å². The van der Waals surface area contributed by atoms with Gasteiger partial charge in [-0.25, -0.2) is 0 Å². The number of hydrogen-bond acceptors (Lipinski definition) is 3. The normalized spacial score (nSPS) is 24.8. The van der Waals surface area contributed by atoms with Gasteiger partial charge in [0.05, 0.1) is 5.69 Å². The Bertz CT molecular complexity index is 424. The summed E-state index contributed by atoms with van der Waals surface area (Å²) in [5.74, 6) is 0. The fourth-order valence-electron chi connectivity index (χ4n) is 2.73. The maximum atomic E-state index is 4.75. The van der Waals surface area contributed by atoms with Gasteiger partial charge in [0.2, 0.25) is 0 Å². The molecule has 1 saturated heterocycles. The van der Waals surface area contributed by atoms with E-state index in [1.165, 1.54) is 12.1 Å². The lowest BCUT2D eigenvalue weighted by atomic mass is 9.96. The highest BCUT2D eigenvalue weighted by Crippen LogP contribution is 2.22. The van der Waals surface area contributed by atoms with Gasteiger partial charge in [-0.15, -0.1) is 0 Å². The SMILES string of the molecule is CCC1CN(Cc2ccn(C(C)CC)n2)C(C)(C)CN1. The second kappa shape index (κ2) is 6.27. The number of piperazine rings is 1. The van der Waals surface area contributed by atoms with Crippen LogP contribution >= 0.6 is 0 Å². The molecule has 0 aromatic carbocycles. The molecule has 2 unspecified atom stereocenters. The lowest BCUT2D eigenvalue weighted by Crippen LogP contribution is -2.61. The third-order valence-electron chi connectivity index (χ3n) is 4.67. The van der Waals surface area contributed by atoms with Crippen molar-refractivity contribution in [1.29, 1.82) is 0 Å². The Labute approximate surface area is 123 Å². The third kappa shape index (κ3) is 3.41. The van der Waals surface area contributed by atoms with Crippen molar-refractivity contribution in [3.05, 3.63) is 18.0 Å². The largest absolute Gasteiger partial charge is 0.311 e. The molecule has 4 nitrogen and oxygen atoms in total. The first-order valence-corrected chi connectivity index (χ1v) is 7.98. The zero-order valence-electron chi connectivity index (χ0n) is 13.7. The monoisotopic (exact) mass is 278 g/mol. The molecule has 1 aliphatic heterocycles. The van der Waals surface area contributed by atoms with E-state index in [2.05, 4.69) is 61.8 Å². The molecule has 20 heavy (non-hydrogen) atoms. The Morgan fingerprint density at radius 3 is 2.85 bits per heavy atom. The molecular weight excluding hydrogens is 248 g/mol. The molecule has 1 aliphatic rings. The van der Waals surface area contributed by atoms with E-state index < -0.39 is 0 Å². The van der Waals surface area contributed by atoms with Crippen molar-refractivity contribution in [2.24, 2.45) is 0 Å². The summed E-state index contributed by atoms with van der Waals surface area (Å²) in [6, 6.07) is 3.27. The molecule has 0 saturated carbocycles. The van der Waals surface area contributed by atoms with Crippen LogP contribution in [0.25, 0.3) is 0 Å². The smallest absolute Gasteiger partial charge is 0.0765 e. The first-order valence-electron chi connectivity index (χ1n) is 7.98. The van der Waals surface area contributed by atoms with Crippen LogP contribution in [0, 0.1) is 0 Å². The summed E-state index contributed by atoms with van der Waals surface area (Å²) in [6.45, 7) is 14.4. The van der Waals surface area contributed by atoms with Gasteiger partial charge in [0.25, 0.3) is 0 Å². The number of rotatable bonds is 5. The molecule has 1 fully saturated rings. The second-order valence-corrected chi connectivity index (χ2v) is 6.72. The zero-order valence-corrected chi connectivity index (χ0v) is 13.7. The molecule has 1 aromatic heterocycles. The fourth-order valence-corrected chi connectivity index (χ4v) is 2.73. The maximum absolute atomic E-state index is 4.75. The number of hydrogen-bond donors (Lipinski definition) is 1. The van der Waals surface area contributed by atoms with E-state index in [4.69, 9.17) is 5.10 Å². The van der Waals surface area contributed by atoms with Gasteiger partial charge in [0.1, 0.15) is 0 Å². The minimum Gasteiger partial charge on any atom is -0.311 e. The van der Waals surface area contributed by atoms with Gasteiger partial charge >= 0.3 is 0 Å². The van der Waals surface area contributed by atoms with Gasteiger partial charge in [-0.1, -0.05) is 13.8 Å². The molecule has 0 radical (unpaired) electrons. The number of nitrogens with zero attached hydrogens (tertiary/aromatic N) is 3. The van der Waals surface area contributed by atoms with Crippen LogP contribution in [0.1, 0.15) is 59.2 Å². The van der Waals surface area contributed by atoms with E-state index in [-0.39, 0.29) is 5.54 Å². The molecular formula is C16H30N4. The van der Waals surface area contributed by atoms with Gasteiger partial charge < -0.3 is 5.32 Å². The van der Waals surface area contributed by atoms with E-state index in [0.29, 0.717) is 12.1 Å².